The third-order valence-electron chi connectivity index (χ3n) is 7.85. The first-order valence-electron chi connectivity index (χ1n) is 16.2. The minimum Gasteiger partial charge on any atom is -0.480 e. The molecule has 0 aliphatic heterocycles. The van der Waals surface area contributed by atoms with Crippen molar-refractivity contribution in [3.63, 3.8) is 0 Å². The van der Waals surface area contributed by atoms with Gasteiger partial charge in [0.1, 0.15) is 35.7 Å². The Morgan fingerprint density at radius 2 is 1.72 bits per heavy atom. The van der Waals surface area contributed by atoms with Gasteiger partial charge in [0.25, 0.3) is 0 Å². The minimum atomic E-state index is -1.17. The van der Waals surface area contributed by atoms with Crippen molar-refractivity contribution in [3.8, 4) is 0 Å². The van der Waals surface area contributed by atoms with Gasteiger partial charge in [0.05, 0.1) is 11.1 Å². The van der Waals surface area contributed by atoms with Crippen molar-refractivity contribution in [3.05, 3.63) is 70.9 Å². The van der Waals surface area contributed by atoms with Crippen LogP contribution in [0.4, 0.5) is 29.0 Å². The Hall–Kier alpha value is -4.72. The summed E-state index contributed by atoms with van der Waals surface area (Å²) < 4.78 is 38.2. The Morgan fingerprint density at radius 1 is 1.00 bits per heavy atom. The number of carboxylic acids is 1. The fraction of sp³-hybridized carbons (Fsp3) is 0.457. The number of ether oxygens (including phenoxy) is 2. The summed E-state index contributed by atoms with van der Waals surface area (Å²) in [7, 11) is 1.54. The monoisotopic (exact) mass is 719 g/mol. The van der Waals surface area contributed by atoms with Crippen LogP contribution in [-0.2, 0) is 20.8 Å². The SMILES string of the molecule is CC(CCCCC[C@@H](COC(=O)Nc1cc2cc(F)ccc2cn1)N(C)C(=O)NCc1cccc(F)c1Cl)[C@@H](NC(=O)OC(C)(C)C)C(=O)O. The first kappa shape index (κ1) is 39.7. The minimum absolute atomic E-state index is 0.0397. The van der Waals surface area contributed by atoms with E-state index in [0.717, 1.165) is 0 Å². The van der Waals surface area contributed by atoms with Crippen LogP contribution in [-0.4, -0.2) is 70.5 Å². The highest BCUT2D eigenvalue weighted by atomic mass is 35.5. The van der Waals surface area contributed by atoms with E-state index in [0.29, 0.717) is 48.4 Å². The number of aliphatic carboxylic acids is 1. The van der Waals surface area contributed by atoms with Crippen LogP contribution in [0.2, 0.25) is 5.02 Å². The maximum absolute atomic E-state index is 13.9. The van der Waals surface area contributed by atoms with Gasteiger partial charge in [0.2, 0.25) is 0 Å². The summed E-state index contributed by atoms with van der Waals surface area (Å²) in [4.78, 5) is 55.4. The van der Waals surface area contributed by atoms with E-state index in [4.69, 9.17) is 21.1 Å². The number of halogens is 3. The summed E-state index contributed by atoms with van der Waals surface area (Å²) in [5, 5.41) is 18.4. The number of rotatable bonds is 15. The van der Waals surface area contributed by atoms with Crippen molar-refractivity contribution in [1.82, 2.24) is 20.5 Å². The van der Waals surface area contributed by atoms with Gasteiger partial charge in [-0.3, -0.25) is 5.32 Å². The number of nitrogens with one attached hydrogen (secondary N) is 3. The molecule has 0 radical (unpaired) electrons. The first-order valence-corrected chi connectivity index (χ1v) is 16.6. The number of pyridine rings is 1. The number of anilines is 1. The highest BCUT2D eigenvalue weighted by Gasteiger charge is 2.29. The lowest BCUT2D eigenvalue weighted by atomic mass is 9.94. The number of benzene rings is 2. The molecule has 0 bridgehead atoms. The molecule has 0 saturated carbocycles. The molecule has 3 aromatic rings. The van der Waals surface area contributed by atoms with E-state index in [1.54, 1.807) is 39.8 Å². The maximum Gasteiger partial charge on any atom is 0.412 e. The second-order valence-corrected chi connectivity index (χ2v) is 13.4. The summed E-state index contributed by atoms with van der Waals surface area (Å²) in [5.41, 5.74) is -0.389. The molecule has 4 N–H and O–H groups in total. The number of likely N-dealkylation sites (N-methyl/N-ethyl adjacent to an activating group) is 1. The third kappa shape index (κ3) is 12.6. The lowest BCUT2D eigenvalue weighted by molar-refractivity contribution is -0.140. The normalized spacial score (nSPS) is 13.1. The van der Waals surface area contributed by atoms with Crippen LogP contribution in [0.5, 0.6) is 0 Å². The van der Waals surface area contributed by atoms with Crippen molar-refractivity contribution in [2.24, 2.45) is 5.92 Å². The Morgan fingerprint density at radius 3 is 2.42 bits per heavy atom. The predicted octanol–water partition coefficient (Wildman–Crippen LogP) is 7.49. The van der Waals surface area contributed by atoms with Crippen molar-refractivity contribution in [2.45, 2.75) is 84.0 Å². The van der Waals surface area contributed by atoms with E-state index in [2.05, 4.69) is 20.9 Å². The van der Waals surface area contributed by atoms with Crippen molar-refractivity contribution < 1.29 is 42.5 Å². The number of nitrogens with zero attached hydrogens (tertiary/aromatic N) is 2. The molecule has 0 fully saturated rings. The number of urea groups is 1. The molecule has 12 nitrogen and oxygen atoms in total. The van der Waals surface area contributed by atoms with E-state index in [-0.39, 0.29) is 24.0 Å². The van der Waals surface area contributed by atoms with Crippen molar-refractivity contribution in [1.29, 1.82) is 0 Å². The zero-order valence-corrected chi connectivity index (χ0v) is 29.5. The molecule has 2 aromatic carbocycles. The van der Waals surface area contributed by atoms with Crippen molar-refractivity contribution in [2.75, 3.05) is 19.0 Å². The van der Waals surface area contributed by atoms with Crippen LogP contribution in [0.1, 0.15) is 65.4 Å². The standard InChI is InChI=1S/C35H44ClF2N5O7/c1-21(30(31(44)45)42-34(48)50-35(2,3)4)10-7-6-8-12-26(43(5)32(46)40-19-23-11-9-13-27(38)29(23)36)20-49-33(47)41-28-17-24-16-25(37)15-14-22(24)18-39-28/h9,11,13-18,21,26,30H,6-8,10,12,19-20H2,1-5H3,(H,40,46)(H,42,48)(H,44,45)(H,39,41,47)/t21?,26-,30+/m0/s1. The van der Waals surface area contributed by atoms with E-state index in [1.807, 2.05) is 0 Å². The molecule has 272 valence electrons. The van der Waals surface area contributed by atoms with Gasteiger partial charge in [-0.15, -0.1) is 0 Å². The molecule has 4 amide bonds. The zero-order chi connectivity index (χ0) is 37.0. The number of carbonyl (C=O) groups excluding carboxylic acids is 3. The summed E-state index contributed by atoms with van der Waals surface area (Å²) in [6.45, 7) is 6.56. The number of carbonyl (C=O) groups is 4. The molecule has 1 unspecified atom stereocenters. The van der Waals surface area contributed by atoms with Gasteiger partial charge in [-0.05, 0) is 80.8 Å². The van der Waals surface area contributed by atoms with Crippen LogP contribution in [0.3, 0.4) is 0 Å². The van der Waals surface area contributed by atoms with Crippen LogP contribution < -0.4 is 16.0 Å². The summed E-state index contributed by atoms with van der Waals surface area (Å²) >= 11 is 6.03. The molecule has 1 heterocycles. The number of hydrogen-bond acceptors (Lipinski definition) is 7. The van der Waals surface area contributed by atoms with Gasteiger partial charge in [0, 0.05) is 25.2 Å². The van der Waals surface area contributed by atoms with E-state index >= 15 is 0 Å². The Bertz CT molecular complexity index is 1660. The molecule has 0 aliphatic carbocycles. The Labute approximate surface area is 294 Å². The number of alkyl carbamates (subject to hydrolysis) is 1. The van der Waals surface area contributed by atoms with Gasteiger partial charge in [-0.1, -0.05) is 49.9 Å². The largest absolute Gasteiger partial charge is 0.480 e. The molecular formula is C35H44ClF2N5O7. The second-order valence-electron chi connectivity index (χ2n) is 13.0. The molecule has 0 aliphatic rings. The lowest BCUT2D eigenvalue weighted by Crippen LogP contribution is -2.47. The molecule has 50 heavy (non-hydrogen) atoms. The summed E-state index contributed by atoms with van der Waals surface area (Å²) in [5.74, 6) is -2.46. The van der Waals surface area contributed by atoms with Gasteiger partial charge < -0.3 is 30.1 Å². The second kappa shape index (κ2) is 18.3. The lowest BCUT2D eigenvalue weighted by Gasteiger charge is -2.28. The van der Waals surface area contributed by atoms with Gasteiger partial charge >= 0.3 is 24.2 Å². The van der Waals surface area contributed by atoms with Crippen LogP contribution in [0, 0.1) is 17.6 Å². The average molecular weight is 720 g/mol. The molecule has 1 aromatic heterocycles. The van der Waals surface area contributed by atoms with Gasteiger partial charge in [0.15, 0.2) is 0 Å². The molecule has 15 heteroatoms. The zero-order valence-electron chi connectivity index (χ0n) is 28.7. The predicted molar refractivity (Wildman–Crippen MR) is 185 cm³/mol. The Kier molecular flexibility index (Phi) is 14.6. The Balaban J connectivity index is 1.59. The smallest absolute Gasteiger partial charge is 0.412 e. The summed E-state index contributed by atoms with van der Waals surface area (Å²) in [6, 6.07) is 7.75. The van der Waals surface area contributed by atoms with E-state index in [9.17, 15) is 33.1 Å². The molecule has 3 atom stereocenters. The number of aromatic nitrogens is 1. The quantitative estimate of drug-likeness (QED) is 0.118. The summed E-state index contributed by atoms with van der Waals surface area (Å²) in [6.07, 6.45) is 2.62. The molecule has 3 rings (SSSR count). The van der Waals surface area contributed by atoms with E-state index < -0.39 is 59.4 Å². The van der Waals surface area contributed by atoms with Crippen LogP contribution in [0.15, 0.2) is 48.7 Å². The maximum atomic E-state index is 13.9. The number of hydrogen-bond donors (Lipinski definition) is 4. The number of amides is 4. The fourth-order valence-corrected chi connectivity index (χ4v) is 5.29. The first-order chi connectivity index (χ1) is 23.5. The number of fused-ring (bicyclic) bond motifs is 1. The number of carboxylic acid groups (broad SMARTS) is 1. The van der Waals surface area contributed by atoms with Crippen molar-refractivity contribution >= 4 is 52.4 Å². The number of unbranched alkanes of at least 4 members (excludes halogenated alkanes) is 2. The third-order valence-corrected chi connectivity index (χ3v) is 8.28. The molecule has 0 saturated heterocycles. The van der Waals surface area contributed by atoms with E-state index in [1.165, 1.54) is 48.5 Å². The fourth-order valence-electron chi connectivity index (χ4n) is 5.10. The highest BCUT2D eigenvalue weighted by Crippen LogP contribution is 2.21. The average Bonchev–Trinajstić information content (AvgIpc) is 3.03. The van der Waals surface area contributed by atoms with Gasteiger partial charge in [-0.2, -0.15) is 0 Å². The van der Waals surface area contributed by atoms with Crippen LogP contribution >= 0.6 is 11.6 Å². The highest BCUT2D eigenvalue weighted by molar-refractivity contribution is 6.31. The van der Waals surface area contributed by atoms with Crippen LogP contribution in [0.25, 0.3) is 10.8 Å². The molecular weight excluding hydrogens is 676 g/mol. The van der Waals surface area contributed by atoms with Gasteiger partial charge in [-0.25, -0.2) is 32.9 Å². The molecule has 0 spiro atoms. The topological polar surface area (TPSA) is 159 Å².